The molecular formula is C26H51N7O11. The van der Waals surface area contributed by atoms with Gasteiger partial charge in [0.1, 0.15) is 42.7 Å². The van der Waals surface area contributed by atoms with Gasteiger partial charge in [-0.2, -0.15) is 0 Å². The van der Waals surface area contributed by atoms with E-state index < -0.39 is 110 Å². The topological polar surface area (TPSA) is 336 Å². The Morgan fingerprint density at radius 1 is 0.659 bits per heavy atom. The Hall–Kier alpha value is -1.17. The lowest BCUT2D eigenvalue weighted by Gasteiger charge is -2.48. The molecule has 1 amide bonds. The van der Waals surface area contributed by atoms with Gasteiger partial charge in [0, 0.05) is 25.2 Å². The minimum Gasteiger partial charge on any atom is -0.389 e. The molecule has 4 aliphatic rings. The Labute approximate surface area is 255 Å². The summed E-state index contributed by atoms with van der Waals surface area (Å²) in [5.41, 5.74) is 42.1. The summed E-state index contributed by atoms with van der Waals surface area (Å²) in [4.78, 5) is 11.9. The number of hydrogen-bond acceptors (Lipinski definition) is 17. The fraction of sp³-hybridized carbons (Fsp3) is 0.962. The van der Waals surface area contributed by atoms with Crippen LogP contribution in [0.15, 0.2) is 0 Å². The monoisotopic (exact) mass is 637 g/mol. The Bertz CT molecular complexity index is 956. The lowest BCUT2D eigenvalue weighted by Crippen LogP contribution is -2.66. The van der Waals surface area contributed by atoms with E-state index in [0.717, 1.165) is 0 Å². The third-order valence-electron chi connectivity index (χ3n) is 9.49. The lowest BCUT2D eigenvalue weighted by atomic mass is 9.81. The Morgan fingerprint density at radius 3 is 1.82 bits per heavy atom. The molecule has 3 saturated heterocycles. The second kappa shape index (κ2) is 14.7. The fourth-order valence-electron chi connectivity index (χ4n) is 6.41. The summed E-state index contributed by atoms with van der Waals surface area (Å²) in [7, 11) is 0. The molecule has 18 nitrogen and oxygen atoms in total. The van der Waals surface area contributed by atoms with Crippen molar-refractivity contribution in [2.75, 3.05) is 13.1 Å². The smallest absolute Gasteiger partial charge is 0.220 e. The molecule has 3 heterocycles. The maximum absolute atomic E-state index is 11.9. The highest BCUT2D eigenvalue weighted by Crippen LogP contribution is 2.36. The molecule has 0 spiro atoms. The number of ether oxygens (including phenoxy) is 6. The van der Waals surface area contributed by atoms with Crippen molar-refractivity contribution in [3.63, 3.8) is 0 Å². The van der Waals surface area contributed by atoms with Crippen molar-refractivity contribution >= 4 is 5.91 Å². The van der Waals surface area contributed by atoms with Crippen LogP contribution in [0.1, 0.15) is 26.7 Å². The van der Waals surface area contributed by atoms with Crippen molar-refractivity contribution in [2.45, 2.75) is 131 Å². The predicted molar refractivity (Wildman–Crippen MR) is 151 cm³/mol. The molecule has 1 aliphatic carbocycles. The first kappa shape index (κ1) is 35.7. The number of primary amides is 1. The third-order valence-corrected chi connectivity index (χ3v) is 9.49. The van der Waals surface area contributed by atoms with Crippen molar-refractivity contribution in [3.05, 3.63) is 0 Å². The van der Waals surface area contributed by atoms with Gasteiger partial charge in [-0.1, -0.05) is 13.8 Å². The summed E-state index contributed by atoms with van der Waals surface area (Å²) in [6.45, 7) is 4.03. The molecule has 4 rings (SSSR count). The van der Waals surface area contributed by atoms with Crippen molar-refractivity contribution in [1.29, 1.82) is 0 Å². The van der Waals surface area contributed by atoms with Gasteiger partial charge in [-0.3, -0.25) is 4.79 Å². The largest absolute Gasteiger partial charge is 0.389 e. The summed E-state index contributed by atoms with van der Waals surface area (Å²) in [5.74, 6) is -0.731. The maximum Gasteiger partial charge on any atom is 0.220 e. The van der Waals surface area contributed by atoms with E-state index in [9.17, 15) is 25.2 Å². The van der Waals surface area contributed by atoms with Crippen LogP contribution in [0.25, 0.3) is 0 Å². The van der Waals surface area contributed by atoms with E-state index in [0.29, 0.717) is 0 Å². The molecule has 18 heteroatoms. The van der Waals surface area contributed by atoms with Gasteiger partial charge in [0.15, 0.2) is 18.9 Å². The predicted octanol–water partition coefficient (Wildman–Crippen LogP) is -6.46. The molecule has 7 unspecified atom stereocenters. The maximum atomic E-state index is 11.9. The summed E-state index contributed by atoms with van der Waals surface area (Å²) in [6.07, 6.45) is -15.8. The van der Waals surface area contributed by atoms with E-state index in [-0.39, 0.29) is 37.5 Å². The van der Waals surface area contributed by atoms with E-state index in [1.54, 1.807) is 0 Å². The van der Waals surface area contributed by atoms with E-state index in [1.165, 1.54) is 0 Å². The zero-order valence-electron chi connectivity index (χ0n) is 25.0. The first-order valence-corrected chi connectivity index (χ1v) is 15.1. The standard InChI is InChI=1S/C26H51N7O11/c1-7-8(2)15(32)24(40-12(7)5-27)42-21-10(30)3-9(29)17(35)23(21)44-26-20(38)22(11(39-26)4-14(31)34)43-25-16(33)19(37)18(36)13(6-28)41-25/h7-13,15-26,35-38H,3-6,27-30,32-33H2,1-2H3,(H2,31,34)/t7-,8+,9-,10?,11-,12?,13+,15?,16?,17?,18-,19?,20?,21+,22+,23-,24+,25-,26+/m1/s1. The number of aliphatic hydroxyl groups excluding tert-OH is 4. The van der Waals surface area contributed by atoms with E-state index >= 15 is 0 Å². The van der Waals surface area contributed by atoms with Crippen molar-refractivity contribution < 1.29 is 53.6 Å². The van der Waals surface area contributed by atoms with Gasteiger partial charge >= 0.3 is 0 Å². The number of carbonyl (C=O) groups excluding carboxylic acids is 1. The van der Waals surface area contributed by atoms with Crippen molar-refractivity contribution in [2.24, 2.45) is 52.0 Å². The molecule has 4 fully saturated rings. The highest BCUT2D eigenvalue weighted by molar-refractivity contribution is 5.74. The molecule has 1 saturated carbocycles. The van der Waals surface area contributed by atoms with Crippen LogP contribution in [0.3, 0.4) is 0 Å². The Balaban J connectivity index is 1.54. The highest BCUT2D eigenvalue weighted by Gasteiger charge is 2.54. The fourth-order valence-corrected chi connectivity index (χ4v) is 6.41. The first-order chi connectivity index (χ1) is 20.7. The van der Waals surface area contributed by atoms with E-state index in [4.69, 9.17) is 68.6 Å². The van der Waals surface area contributed by atoms with Gasteiger partial charge in [-0.05, 0) is 18.3 Å². The molecule has 18 N–H and O–H groups in total. The molecular weight excluding hydrogens is 586 g/mol. The molecule has 0 bridgehead atoms. The van der Waals surface area contributed by atoms with Crippen LogP contribution >= 0.6 is 0 Å². The summed E-state index contributed by atoms with van der Waals surface area (Å²) in [5, 5.41) is 43.0. The zero-order valence-corrected chi connectivity index (χ0v) is 25.0. The molecule has 3 aliphatic heterocycles. The summed E-state index contributed by atoms with van der Waals surface area (Å²) < 4.78 is 35.9. The Morgan fingerprint density at radius 2 is 1.20 bits per heavy atom. The molecule has 0 aromatic heterocycles. The van der Waals surface area contributed by atoms with Gasteiger partial charge in [0.05, 0.1) is 36.8 Å². The molecule has 256 valence electrons. The average molecular weight is 638 g/mol. The van der Waals surface area contributed by atoms with Gasteiger partial charge in [-0.15, -0.1) is 0 Å². The molecule has 44 heavy (non-hydrogen) atoms. The number of carbonyl (C=O) groups is 1. The van der Waals surface area contributed by atoms with Crippen LogP contribution in [-0.4, -0.2) is 143 Å². The van der Waals surface area contributed by atoms with Crippen molar-refractivity contribution in [3.8, 4) is 0 Å². The molecule has 0 aromatic carbocycles. The number of amides is 1. The SMILES string of the molecule is C[C@@H]1C(N)[C@H](O[C@H]2C(N)C[C@@H](N)C(O)[C@H]2O[C@@H]2O[C@H](CC(N)=O)[C@H](O[C@H]3O[C@@H](CN)[C@@H](O)C(O)C3N)C2O)OC(CN)[C@@H]1C. The van der Waals surface area contributed by atoms with E-state index in [2.05, 4.69) is 0 Å². The van der Waals surface area contributed by atoms with Gasteiger partial charge in [-0.25, -0.2) is 0 Å². The quantitative estimate of drug-likeness (QED) is 0.106. The number of hydrogen-bond donors (Lipinski definition) is 11. The summed E-state index contributed by atoms with van der Waals surface area (Å²) in [6, 6.07) is -3.34. The van der Waals surface area contributed by atoms with Crippen LogP contribution < -0.4 is 40.1 Å². The highest BCUT2D eigenvalue weighted by atomic mass is 16.8. The Kier molecular flexibility index (Phi) is 11.9. The van der Waals surface area contributed by atoms with Crippen LogP contribution in [0, 0.1) is 11.8 Å². The lowest BCUT2D eigenvalue weighted by molar-refractivity contribution is -0.296. The van der Waals surface area contributed by atoms with Gasteiger partial charge in [0.25, 0.3) is 0 Å². The second-order valence-electron chi connectivity index (χ2n) is 12.5. The average Bonchev–Trinajstić information content (AvgIpc) is 3.25. The molecule has 0 radical (unpaired) electrons. The van der Waals surface area contributed by atoms with Crippen molar-refractivity contribution in [1.82, 2.24) is 0 Å². The van der Waals surface area contributed by atoms with Gasteiger partial charge in [0.2, 0.25) is 5.91 Å². The second-order valence-corrected chi connectivity index (χ2v) is 12.5. The molecule has 0 aromatic rings. The molecule has 19 atom stereocenters. The minimum absolute atomic E-state index is 0.0204. The van der Waals surface area contributed by atoms with E-state index in [1.807, 2.05) is 13.8 Å². The number of aliphatic hydroxyl groups is 4. The van der Waals surface area contributed by atoms with Crippen LogP contribution in [0.5, 0.6) is 0 Å². The normalized spacial score (nSPS) is 51.8. The zero-order chi connectivity index (χ0) is 32.6. The first-order valence-electron chi connectivity index (χ1n) is 15.1. The van der Waals surface area contributed by atoms with Gasteiger partial charge < -0.3 is 89.0 Å². The van der Waals surface area contributed by atoms with Crippen LogP contribution in [0.4, 0.5) is 0 Å². The summed E-state index contributed by atoms with van der Waals surface area (Å²) >= 11 is 0. The minimum atomic E-state index is -1.59. The van der Waals surface area contributed by atoms with Crippen LogP contribution in [-0.2, 0) is 33.2 Å². The number of nitrogens with two attached hydrogens (primary N) is 7. The third kappa shape index (κ3) is 7.20. The number of rotatable bonds is 10. The van der Waals surface area contributed by atoms with Crippen LogP contribution in [0.2, 0.25) is 0 Å².